The van der Waals surface area contributed by atoms with Crippen molar-refractivity contribution in [2.24, 2.45) is 5.73 Å². The van der Waals surface area contributed by atoms with Gasteiger partial charge >= 0.3 is 0 Å². The fourth-order valence-electron chi connectivity index (χ4n) is 3.28. The minimum atomic E-state index is -0.601. The van der Waals surface area contributed by atoms with Crippen molar-refractivity contribution in [3.8, 4) is 0 Å². The van der Waals surface area contributed by atoms with Crippen LogP contribution in [-0.2, 0) is 4.79 Å². The Labute approximate surface area is 160 Å². The lowest BCUT2D eigenvalue weighted by molar-refractivity contribution is -0.117. The fourth-order valence-corrected chi connectivity index (χ4v) is 3.28. The number of hydrogen-bond acceptors (Lipinski definition) is 7. The molecule has 2 amide bonds. The summed E-state index contributed by atoms with van der Waals surface area (Å²) in [6.45, 7) is 2.54. The number of nitrogens with two attached hydrogens (primary N) is 1. The Hall–Kier alpha value is -3.69. The van der Waals surface area contributed by atoms with Crippen LogP contribution in [0.5, 0.6) is 0 Å². The van der Waals surface area contributed by atoms with Crippen molar-refractivity contribution in [3.63, 3.8) is 0 Å². The van der Waals surface area contributed by atoms with E-state index in [1.807, 2.05) is 19.1 Å². The lowest BCUT2D eigenvalue weighted by atomic mass is 10.3. The molecule has 4 N–H and O–H groups in total. The Balaban J connectivity index is 1.73. The first-order valence-corrected chi connectivity index (χ1v) is 8.88. The van der Waals surface area contributed by atoms with E-state index < -0.39 is 5.91 Å². The molecule has 4 heterocycles. The van der Waals surface area contributed by atoms with Gasteiger partial charge in [0.1, 0.15) is 23.0 Å². The van der Waals surface area contributed by atoms with Crippen LogP contribution < -0.4 is 21.3 Å². The molecule has 144 valence electrons. The minimum Gasteiger partial charge on any atom is -0.373 e. The summed E-state index contributed by atoms with van der Waals surface area (Å²) in [4.78, 5) is 34.4. The summed E-state index contributed by atoms with van der Waals surface area (Å²) in [6, 6.07) is 5.44. The Kier molecular flexibility index (Phi) is 4.30. The van der Waals surface area contributed by atoms with Gasteiger partial charge in [0.05, 0.1) is 6.20 Å². The van der Waals surface area contributed by atoms with Crippen molar-refractivity contribution in [1.29, 1.82) is 0 Å². The normalized spacial score (nSPS) is 13.9. The second kappa shape index (κ2) is 6.80. The van der Waals surface area contributed by atoms with E-state index >= 15 is 0 Å². The zero-order chi connectivity index (χ0) is 19.8. The van der Waals surface area contributed by atoms with Crippen molar-refractivity contribution in [2.45, 2.75) is 19.8 Å². The third-order valence-electron chi connectivity index (χ3n) is 4.56. The van der Waals surface area contributed by atoms with E-state index in [-0.39, 0.29) is 11.5 Å². The molecule has 3 aromatic rings. The predicted molar refractivity (Wildman–Crippen MR) is 105 cm³/mol. The van der Waals surface area contributed by atoms with Gasteiger partial charge in [0, 0.05) is 43.5 Å². The summed E-state index contributed by atoms with van der Waals surface area (Å²) in [6.07, 6.45) is 2.76. The molecule has 0 aromatic carbocycles. The van der Waals surface area contributed by atoms with Crippen molar-refractivity contribution in [1.82, 2.24) is 19.6 Å². The molecule has 28 heavy (non-hydrogen) atoms. The maximum Gasteiger partial charge on any atom is 0.254 e. The number of hydrogen-bond donors (Lipinski definition) is 3. The monoisotopic (exact) mass is 380 g/mol. The van der Waals surface area contributed by atoms with E-state index in [1.165, 1.54) is 10.7 Å². The highest BCUT2D eigenvalue weighted by atomic mass is 16.2. The van der Waals surface area contributed by atoms with E-state index in [0.29, 0.717) is 36.1 Å². The largest absolute Gasteiger partial charge is 0.373 e. The Morgan fingerprint density at radius 3 is 2.75 bits per heavy atom. The molecule has 0 spiro atoms. The van der Waals surface area contributed by atoms with Crippen LogP contribution in [0.15, 0.2) is 24.4 Å². The molecule has 1 aliphatic rings. The van der Waals surface area contributed by atoms with Crippen LogP contribution in [0.1, 0.15) is 28.9 Å². The zero-order valence-electron chi connectivity index (χ0n) is 15.6. The van der Waals surface area contributed by atoms with Gasteiger partial charge in [-0.05, 0) is 19.4 Å². The van der Waals surface area contributed by atoms with Crippen LogP contribution in [0.25, 0.3) is 5.65 Å². The average molecular weight is 380 g/mol. The van der Waals surface area contributed by atoms with E-state index in [4.69, 9.17) is 5.73 Å². The number of nitrogens with zero attached hydrogens (tertiary/aromatic N) is 5. The van der Waals surface area contributed by atoms with Crippen LogP contribution in [0.3, 0.4) is 0 Å². The van der Waals surface area contributed by atoms with E-state index in [0.717, 1.165) is 17.8 Å². The van der Waals surface area contributed by atoms with Gasteiger partial charge in [0.25, 0.3) is 5.91 Å². The summed E-state index contributed by atoms with van der Waals surface area (Å²) in [5, 5.41) is 10.4. The second-order valence-electron chi connectivity index (χ2n) is 6.56. The molecular formula is C18H20N8O2. The lowest BCUT2D eigenvalue weighted by Gasteiger charge is -2.17. The molecule has 0 aliphatic carbocycles. The lowest BCUT2D eigenvalue weighted by Crippen LogP contribution is -2.25. The molecule has 1 fully saturated rings. The number of primary amides is 1. The Bertz CT molecular complexity index is 1090. The number of pyridine rings is 1. The van der Waals surface area contributed by atoms with Crippen LogP contribution in [0.4, 0.5) is 23.1 Å². The van der Waals surface area contributed by atoms with Crippen molar-refractivity contribution in [3.05, 3.63) is 35.7 Å². The summed E-state index contributed by atoms with van der Waals surface area (Å²) in [5.41, 5.74) is 7.51. The van der Waals surface area contributed by atoms with Crippen LogP contribution >= 0.6 is 0 Å². The SMILES string of the molecule is CNc1cc(Nc2cc(C)nc(N3CCCC3=O)c2)nc2c(C(N)=O)cnn12. The van der Waals surface area contributed by atoms with Crippen molar-refractivity contribution in [2.75, 3.05) is 29.1 Å². The highest BCUT2D eigenvalue weighted by molar-refractivity contribution is 5.99. The van der Waals surface area contributed by atoms with E-state index in [9.17, 15) is 9.59 Å². The molecule has 10 nitrogen and oxygen atoms in total. The van der Waals surface area contributed by atoms with Crippen molar-refractivity contribution < 1.29 is 9.59 Å². The third-order valence-corrected chi connectivity index (χ3v) is 4.56. The first-order chi connectivity index (χ1) is 13.5. The Morgan fingerprint density at radius 1 is 1.25 bits per heavy atom. The van der Waals surface area contributed by atoms with E-state index in [1.54, 1.807) is 18.0 Å². The number of rotatable bonds is 5. The van der Waals surface area contributed by atoms with Gasteiger partial charge in [-0.3, -0.25) is 14.5 Å². The minimum absolute atomic E-state index is 0.0754. The Morgan fingerprint density at radius 2 is 2.07 bits per heavy atom. The van der Waals surface area contributed by atoms with Gasteiger partial charge in [-0.25, -0.2) is 9.97 Å². The summed E-state index contributed by atoms with van der Waals surface area (Å²) in [7, 11) is 1.75. The summed E-state index contributed by atoms with van der Waals surface area (Å²) in [5.74, 6) is 1.23. The molecule has 1 saturated heterocycles. The maximum absolute atomic E-state index is 12.0. The van der Waals surface area contributed by atoms with Gasteiger partial charge in [-0.15, -0.1) is 0 Å². The number of nitrogens with one attached hydrogen (secondary N) is 2. The van der Waals surface area contributed by atoms with Crippen LogP contribution in [0.2, 0.25) is 0 Å². The maximum atomic E-state index is 12.0. The molecule has 1 aliphatic heterocycles. The fraction of sp³-hybridized carbons (Fsp3) is 0.278. The third kappa shape index (κ3) is 3.08. The average Bonchev–Trinajstić information content (AvgIpc) is 3.26. The molecular weight excluding hydrogens is 360 g/mol. The molecule has 3 aromatic heterocycles. The molecule has 0 atom stereocenters. The van der Waals surface area contributed by atoms with Gasteiger partial charge in [0.15, 0.2) is 5.65 Å². The quantitative estimate of drug-likeness (QED) is 0.610. The predicted octanol–water partition coefficient (Wildman–Crippen LogP) is 1.44. The molecule has 0 unspecified atom stereocenters. The number of carbonyl (C=O) groups is 2. The van der Waals surface area contributed by atoms with Gasteiger partial charge < -0.3 is 16.4 Å². The number of carbonyl (C=O) groups excluding carboxylic acids is 2. The molecule has 10 heteroatoms. The van der Waals surface area contributed by atoms with E-state index in [2.05, 4.69) is 25.7 Å². The molecule has 0 bridgehead atoms. The van der Waals surface area contributed by atoms with Crippen LogP contribution in [0, 0.1) is 6.92 Å². The highest BCUT2D eigenvalue weighted by Gasteiger charge is 2.23. The number of amides is 2. The highest BCUT2D eigenvalue weighted by Crippen LogP contribution is 2.26. The number of anilines is 4. The zero-order valence-corrected chi connectivity index (χ0v) is 15.6. The van der Waals surface area contributed by atoms with Crippen molar-refractivity contribution >= 4 is 40.6 Å². The van der Waals surface area contributed by atoms with Crippen LogP contribution in [-0.4, -0.2) is 45.0 Å². The second-order valence-corrected chi connectivity index (χ2v) is 6.56. The first kappa shape index (κ1) is 17.7. The molecule has 4 rings (SSSR count). The smallest absolute Gasteiger partial charge is 0.254 e. The van der Waals surface area contributed by atoms with Gasteiger partial charge in [-0.2, -0.15) is 9.61 Å². The molecule has 0 radical (unpaired) electrons. The van der Waals surface area contributed by atoms with Gasteiger partial charge in [0.2, 0.25) is 5.91 Å². The first-order valence-electron chi connectivity index (χ1n) is 8.88. The van der Waals surface area contributed by atoms with Gasteiger partial charge in [-0.1, -0.05) is 0 Å². The summed E-state index contributed by atoms with van der Waals surface area (Å²) < 4.78 is 1.51. The standard InChI is InChI=1S/C18H20N8O2/c1-10-6-11(7-15(22-10)25-5-3-4-16(25)27)23-13-8-14(20-2)26-18(24-13)12(9-21-26)17(19)28/h6-9,20H,3-5H2,1-2H3,(H2,19,28)(H,22,23,24). The molecule has 0 saturated carbocycles. The topological polar surface area (TPSA) is 131 Å². The summed E-state index contributed by atoms with van der Waals surface area (Å²) >= 11 is 0. The number of fused-ring (bicyclic) bond motifs is 1. The number of aromatic nitrogens is 4. The number of aryl methyl sites for hydroxylation is 1.